The van der Waals surface area contributed by atoms with Gasteiger partial charge in [-0.15, -0.1) is 0 Å². The van der Waals surface area contributed by atoms with Crippen LogP contribution < -0.4 is 15.5 Å². The van der Waals surface area contributed by atoms with Crippen LogP contribution in [0.3, 0.4) is 0 Å². The second kappa shape index (κ2) is 7.74. The number of para-hydroxylation sites is 2. The van der Waals surface area contributed by atoms with E-state index < -0.39 is 11.8 Å². The lowest BCUT2D eigenvalue weighted by atomic mass is 9.57. The van der Waals surface area contributed by atoms with Gasteiger partial charge in [-0.25, -0.2) is 0 Å². The van der Waals surface area contributed by atoms with Crippen LogP contribution in [0.5, 0.6) is 0 Å². The van der Waals surface area contributed by atoms with Crippen molar-refractivity contribution in [3.63, 3.8) is 0 Å². The van der Waals surface area contributed by atoms with Crippen LogP contribution in [0.2, 0.25) is 0 Å². The van der Waals surface area contributed by atoms with Crippen molar-refractivity contribution in [2.24, 2.45) is 11.3 Å². The minimum Gasteiger partial charge on any atom is -0.377 e. The molecule has 4 rings (SSSR count). The van der Waals surface area contributed by atoms with E-state index in [2.05, 4.69) is 29.4 Å². The van der Waals surface area contributed by atoms with E-state index in [1.807, 2.05) is 24.3 Å². The molecule has 3 fully saturated rings. The Morgan fingerprint density at radius 1 is 1.07 bits per heavy atom. The predicted octanol–water partition coefficient (Wildman–Crippen LogP) is 2.94. The summed E-state index contributed by atoms with van der Waals surface area (Å²) in [6, 6.07) is 7.75. The summed E-state index contributed by atoms with van der Waals surface area (Å²) in [5.41, 5.74) is 1.57. The lowest BCUT2D eigenvalue weighted by Gasteiger charge is -2.54. The van der Waals surface area contributed by atoms with Crippen LogP contribution in [0.25, 0.3) is 0 Å². The van der Waals surface area contributed by atoms with Gasteiger partial charge in [0.2, 0.25) is 0 Å². The number of nitrogens with one attached hydrogen (secondary N) is 2. The Labute approximate surface area is 167 Å². The second-order valence-electron chi connectivity index (χ2n) is 8.89. The molecule has 152 valence electrons. The van der Waals surface area contributed by atoms with E-state index in [0.717, 1.165) is 44.6 Å². The van der Waals surface area contributed by atoms with Crippen LogP contribution in [0.4, 0.5) is 11.4 Å². The molecule has 1 aliphatic carbocycles. The van der Waals surface area contributed by atoms with E-state index in [1.54, 1.807) is 0 Å². The van der Waals surface area contributed by atoms with Gasteiger partial charge in [0.05, 0.1) is 17.5 Å². The highest BCUT2D eigenvalue weighted by atomic mass is 16.5. The number of hydrogen-bond acceptors (Lipinski definition) is 4. The molecule has 2 aliphatic heterocycles. The molecule has 0 aromatic heterocycles. The molecule has 1 saturated carbocycles. The normalized spacial score (nSPS) is 28.6. The molecule has 1 aromatic carbocycles. The molecule has 0 bridgehead atoms. The molecule has 28 heavy (non-hydrogen) atoms. The average Bonchev–Trinajstić information content (AvgIpc) is 2.98. The van der Waals surface area contributed by atoms with Crippen molar-refractivity contribution in [1.82, 2.24) is 5.32 Å². The quantitative estimate of drug-likeness (QED) is 0.785. The number of hydrogen-bond donors (Lipinski definition) is 2. The summed E-state index contributed by atoms with van der Waals surface area (Å²) in [5.74, 6) is -0.842. The number of fused-ring (bicyclic) bond motifs is 1. The number of anilines is 2. The maximum absolute atomic E-state index is 12.6. The van der Waals surface area contributed by atoms with E-state index >= 15 is 0 Å². The molecule has 0 spiro atoms. The van der Waals surface area contributed by atoms with Crippen LogP contribution in [0.15, 0.2) is 24.3 Å². The van der Waals surface area contributed by atoms with E-state index in [4.69, 9.17) is 4.74 Å². The average molecular weight is 386 g/mol. The van der Waals surface area contributed by atoms with Gasteiger partial charge in [0, 0.05) is 37.1 Å². The second-order valence-corrected chi connectivity index (χ2v) is 8.89. The fourth-order valence-electron chi connectivity index (χ4n) is 5.17. The molecule has 3 aliphatic rings. The van der Waals surface area contributed by atoms with Crippen LogP contribution >= 0.6 is 0 Å². The minimum absolute atomic E-state index is 0.0147. The zero-order chi connectivity index (χ0) is 19.7. The number of amides is 2. The Morgan fingerprint density at radius 3 is 2.54 bits per heavy atom. The molecule has 0 unspecified atom stereocenters. The number of ether oxygens (including phenoxy) is 1. The zero-order valence-corrected chi connectivity index (χ0v) is 16.9. The highest BCUT2D eigenvalue weighted by molar-refractivity contribution is 6.40. The first-order valence-corrected chi connectivity index (χ1v) is 10.6. The molecule has 6 heteroatoms. The van der Waals surface area contributed by atoms with Crippen molar-refractivity contribution in [1.29, 1.82) is 0 Å². The maximum atomic E-state index is 12.6. The fraction of sp³-hybridized carbons (Fsp3) is 0.636. The molecular weight excluding hydrogens is 354 g/mol. The van der Waals surface area contributed by atoms with E-state index in [9.17, 15) is 9.59 Å². The van der Waals surface area contributed by atoms with Crippen molar-refractivity contribution in [2.75, 3.05) is 29.9 Å². The summed E-state index contributed by atoms with van der Waals surface area (Å²) in [6.07, 6.45) is 5.93. The first kappa shape index (κ1) is 19.2. The molecule has 1 aromatic rings. The standard InChI is InChI=1S/C22H31N3O3/c1-22(2)18(15-11-14-28-19(15)22)24-21(27)20(26)23-16-9-5-6-10-17(16)25-12-7-3-4-8-13-25/h5-6,9-10,15,18-19H,3-4,7-8,11-14H2,1-2H3,(H,23,26)(H,24,27)/t15-,18-,19-/m1/s1. The van der Waals surface area contributed by atoms with Crippen LogP contribution in [-0.4, -0.2) is 43.7 Å². The summed E-state index contributed by atoms with van der Waals surface area (Å²) < 4.78 is 5.77. The number of nitrogens with zero attached hydrogens (tertiary/aromatic N) is 1. The minimum atomic E-state index is -0.597. The van der Waals surface area contributed by atoms with Gasteiger partial charge in [-0.05, 0) is 31.4 Å². The molecule has 3 atom stereocenters. The van der Waals surface area contributed by atoms with E-state index in [0.29, 0.717) is 11.6 Å². The molecule has 0 radical (unpaired) electrons. The highest BCUT2D eigenvalue weighted by Crippen LogP contribution is 2.52. The molecule has 2 saturated heterocycles. The summed E-state index contributed by atoms with van der Waals surface area (Å²) in [4.78, 5) is 27.5. The number of benzene rings is 1. The predicted molar refractivity (Wildman–Crippen MR) is 109 cm³/mol. The van der Waals surface area contributed by atoms with Crippen molar-refractivity contribution in [3.8, 4) is 0 Å². The van der Waals surface area contributed by atoms with Gasteiger partial charge in [-0.2, -0.15) is 0 Å². The van der Waals surface area contributed by atoms with Gasteiger partial charge < -0.3 is 20.3 Å². The number of rotatable bonds is 3. The Morgan fingerprint density at radius 2 is 1.79 bits per heavy atom. The summed E-state index contributed by atoms with van der Waals surface area (Å²) >= 11 is 0. The van der Waals surface area contributed by atoms with Crippen molar-refractivity contribution < 1.29 is 14.3 Å². The van der Waals surface area contributed by atoms with Crippen LogP contribution in [0, 0.1) is 11.3 Å². The van der Waals surface area contributed by atoms with Crippen molar-refractivity contribution in [3.05, 3.63) is 24.3 Å². The Kier molecular flexibility index (Phi) is 5.32. The Balaban J connectivity index is 1.42. The van der Waals surface area contributed by atoms with Crippen LogP contribution in [0.1, 0.15) is 46.0 Å². The SMILES string of the molecule is CC1(C)[C@H](NC(=O)C(=O)Nc2ccccc2N2CCCCCC2)[C@H]2CCO[C@H]21. The number of carbonyl (C=O) groups excluding carboxylic acids is 2. The molecular formula is C22H31N3O3. The summed E-state index contributed by atoms with van der Waals surface area (Å²) in [7, 11) is 0. The summed E-state index contributed by atoms with van der Waals surface area (Å²) in [6.45, 7) is 6.89. The molecule has 2 amide bonds. The molecule has 6 nitrogen and oxygen atoms in total. The summed E-state index contributed by atoms with van der Waals surface area (Å²) in [5, 5.41) is 5.81. The lowest BCUT2D eigenvalue weighted by molar-refractivity contribution is -0.145. The van der Waals surface area contributed by atoms with Crippen molar-refractivity contribution >= 4 is 23.2 Å². The third-order valence-electron chi connectivity index (χ3n) is 6.69. The zero-order valence-electron chi connectivity index (χ0n) is 16.9. The van der Waals surface area contributed by atoms with Crippen LogP contribution in [-0.2, 0) is 14.3 Å². The first-order valence-electron chi connectivity index (χ1n) is 10.6. The third-order valence-corrected chi connectivity index (χ3v) is 6.69. The maximum Gasteiger partial charge on any atom is 0.313 e. The van der Waals surface area contributed by atoms with Gasteiger partial charge in [0.15, 0.2) is 0 Å². The highest BCUT2D eigenvalue weighted by Gasteiger charge is 2.60. The Bertz CT molecular complexity index is 740. The Hall–Kier alpha value is -2.08. The van der Waals surface area contributed by atoms with Gasteiger partial charge in [0.1, 0.15) is 0 Å². The van der Waals surface area contributed by atoms with E-state index in [1.165, 1.54) is 12.8 Å². The first-order chi connectivity index (χ1) is 13.5. The smallest absolute Gasteiger partial charge is 0.313 e. The number of carbonyl (C=O) groups is 2. The third kappa shape index (κ3) is 3.50. The van der Waals surface area contributed by atoms with E-state index in [-0.39, 0.29) is 17.6 Å². The molecule has 2 heterocycles. The lowest BCUT2D eigenvalue weighted by Crippen LogP contribution is -2.67. The monoisotopic (exact) mass is 385 g/mol. The van der Waals surface area contributed by atoms with Gasteiger partial charge >= 0.3 is 11.8 Å². The molecule has 2 N–H and O–H groups in total. The van der Waals surface area contributed by atoms with Crippen molar-refractivity contribution in [2.45, 2.75) is 58.1 Å². The van der Waals surface area contributed by atoms with Gasteiger partial charge in [-0.3, -0.25) is 9.59 Å². The van der Waals surface area contributed by atoms with Gasteiger partial charge in [0.25, 0.3) is 0 Å². The largest absolute Gasteiger partial charge is 0.377 e. The van der Waals surface area contributed by atoms with Gasteiger partial charge in [-0.1, -0.05) is 38.8 Å². The topological polar surface area (TPSA) is 70.7 Å². The fourth-order valence-corrected chi connectivity index (χ4v) is 5.17.